The molecule has 2 nitrogen and oxygen atoms in total. The first-order valence-electron chi connectivity index (χ1n) is 3.10. The lowest BCUT2D eigenvalue weighted by Gasteiger charge is -1.99. The largest absolute Gasteiger partial charge is 0.429 e. The van der Waals surface area contributed by atoms with Crippen LogP contribution in [-0.4, -0.2) is 6.47 Å². The Bertz CT molecular complexity index is 271. The van der Waals surface area contributed by atoms with Crippen molar-refractivity contribution in [2.24, 2.45) is 0 Å². The molecule has 3 heteroatoms. The van der Waals surface area contributed by atoms with Gasteiger partial charge in [0.2, 0.25) is 0 Å². The molecule has 11 heavy (non-hydrogen) atoms. The van der Waals surface area contributed by atoms with Gasteiger partial charge in [0, 0.05) is 5.02 Å². The molecule has 0 atom stereocenters. The van der Waals surface area contributed by atoms with Gasteiger partial charge in [-0.2, -0.15) is 0 Å². The van der Waals surface area contributed by atoms with Crippen molar-refractivity contribution < 1.29 is 9.53 Å². The topological polar surface area (TPSA) is 26.3 Å². The first kappa shape index (κ1) is 8.08. The first-order chi connectivity index (χ1) is 5.24. The van der Waals surface area contributed by atoms with Gasteiger partial charge in [-0.15, -0.1) is 0 Å². The van der Waals surface area contributed by atoms with E-state index < -0.39 is 0 Å². The average Bonchev–Trinajstić information content (AvgIpc) is 1.98. The fourth-order valence-corrected chi connectivity index (χ4v) is 0.873. The minimum absolute atomic E-state index is 0.376. The highest BCUT2D eigenvalue weighted by molar-refractivity contribution is 6.31. The number of rotatable bonds is 2. The zero-order valence-corrected chi connectivity index (χ0v) is 6.76. The second-order valence-electron chi connectivity index (χ2n) is 2.13. The fourth-order valence-electron chi connectivity index (χ4n) is 0.702. The van der Waals surface area contributed by atoms with Crippen LogP contribution in [0.3, 0.4) is 0 Å². The van der Waals surface area contributed by atoms with Crippen molar-refractivity contribution in [3.8, 4) is 5.75 Å². The summed E-state index contributed by atoms with van der Waals surface area (Å²) in [4.78, 5) is 9.91. The average molecular weight is 171 g/mol. The summed E-state index contributed by atoms with van der Waals surface area (Å²) in [5, 5.41) is 0.601. The van der Waals surface area contributed by atoms with E-state index in [4.69, 9.17) is 11.6 Å². The number of aryl methyl sites for hydroxylation is 1. The van der Waals surface area contributed by atoms with Crippen LogP contribution in [0.4, 0.5) is 0 Å². The molecule has 0 aromatic heterocycles. The Morgan fingerprint density at radius 1 is 1.55 bits per heavy atom. The van der Waals surface area contributed by atoms with E-state index >= 15 is 0 Å². The number of halogens is 1. The van der Waals surface area contributed by atoms with Crippen LogP contribution in [0.15, 0.2) is 18.2 Å². The van der Waals surface area contributed by atoms with Crippen LogP contribution in [0, 0.1) is 6.92 Å². The van der Waals surface area contributed by atoms with Crippen LogP contribution in [0.25, 0.3) is 0 Å². The molecule has 0 spiro atoms. The van der Waals surface area contributed by atoms with E-state index in [1.807, 2.05) is 6.92 Å². The number of ether oxygens (including phenoxy) is 1. The molecular formula is C8H7ClO2. The molecule has 1 aromatic carbocycles. The second kappa shape index (κ2) is 3.39. The van der Waals surface area contributed by atoms with Crippen LogP contribution in [0.1, 0.15) is 5.56 Å². The second-order valence-corrected chi connectivity index (χ2v) is 2.53. The summed E-state index contributed by atoms with van der Waals surface area (Å²) in [6.07, 6.45) is 0. The van der Waals surface area contributed by atoms with E-state index in [9.17, 15) is 4.79 Å². The SMILES string of the molecule is Cc1ccc(OC=O)cc1Cl. The van der Waals surface area contributed by atoms with Gasteiger partial charge in [-0.1, -0.05) is 17.7 Å². The van der Waals surface area contributed by atoms with Gasteiger partial charge in [-0.3, -0.25) is 4.79 Å². The molecule has 0 N–H and O–H groups in total. The Hall–Kier alpha value is -1.02. The Kier molecular flexibility index (Phi) is 2.49. The number of carbonyl (C=O) groups is 1. The molecule has 0 aliphatic carbocycles. The standard InChI is InChI=1S/C8H7ClO2/c1-6-2-3-7(11-5-10)4-8(6)9/h2-5H,1H3. The van der Waals surface area contributed by atoms with Crippen molar-refractivity contribution in [1.29, 1.82) is 0 Å². The molecule has 0 amide bonds. The molecule has 0 aliphatic heterocycles. The van der Waals surface area contributed by atoms with Crippen molar-refractivity contribution >= 4 is 18.1 Å². The highest BCUT2D eigenvalue weighted by Gasteiger charge is 1.96. The Balaban J connectivity index is 2.95. The summed E-state index contributed by atoms with van der Waals surface area (Å²) in [5.41, 5.74) is 0.963. The third-order valence-corrected chi connectivity index (χ3v) is 1.73. The van der Waals surface area contributed by atoms with Crippen molar-refractivity contribution in [3.63, 3.8) is 0 Å². The van der Waals surface area contributed by atoms with Crippen molar-refractivity contribution in [2.75, 3.05) is 0 Å². The van der Waals surface area contributed by atoms with Crippen LogP contribution >= 0.6 is 11.6 Å². The van der Waals surface area contributed by atoms with Crippen molar-refractivity contribution in [1.82, 2.24) is 0 Å². The van der Waals surface area contributed by atoms with Gasteiger partial charge in [-0.25, -0.2) is 0 Å². The number of hydrogen-bond donors (Lipinski definition) is 0. The predicted molar refractivity (Wildman–Crippen MR) is 42.9 cm³/mol. The van der Waals surface area contributed by atoms with Crippen LogP contribution in [-0.2, 0) is 4.79 Å². The monoisotopic (exact) mass is 170 g/mol. The third kappa shape index (κ3) is 1.95. The predicted octanol–water partition coefficient (Wildman–Crippen LogP) is 2.18. The Morgan fingerprint density at radius 3 is 2.82 bits per heavy atom. The summed E-state index contributed by atoms with van der Waals surface area (Å²) < 4.78 is 4.58. The molecule has 0 unspecified atom stereocenters. The molecule has 0 saturated carbocycles. The molecule has 0 fully saturated rings. The van der Waals surface area contributed by atoms with Crippen LogP contribution in [0.5, 0.6) is 5.75 Å². The lowest BCUT2D eigenvalue weighted by Crippen LogP contribution is -1.88. The maximum absolute atomic E-state index is 9.91. The van der Waals surface area contributed by atoms with Crippen LogP contribution in [0.2, 0.25) is 5.02 Å². The van der Waals surface area contributed by atoms with E-state index in [1.54, 1.807) is 18.2 Å². The van der Waals surface area contributed by atoms with Gasteiger partial charge < -0.3 is 4.74 Å². The van der Waals surface area contributed by atoms with E-state index in [0.717, 1.165) is 5.56 Å². The lowest BCUT2D eigenvalue weighted by atomic mass is 10.2. The summed E-state index contributed by atoms with van der Waals surface area (Å²) in [6, 6.07) is 5.09. The maximum atomic E-state index is 9.91. The summed E-state index contributed by atoms with van der Waals surface area (Å²) in [7, 11) is 0. The summed E-state index contributed by atoms with van der Waals surface area (Å²) >= 11 is 5.75. The summed E-state index contributed by atoms with van der Waals surface area (Å²) in [5.74, 6) is 0.468. The smallest absolute Gasteiger partial charge is 0.298 e. The first-order valence-corrected chi connectivity index (χ1v) is 3.48. The fraction of sp³-hybridized carbons (Fsp3) is 0.125. The van der Waals surface area contributed by atoms with Gasteiger partial charge in [0.05, 0.1) is 0 Å². The molecule has 58 valence electrons. The molecule has 0 aliphatic rings. The molecule has 0 saturated heterocycles. The van der Waals surface area contributed by atoms with E-state index in [0.29, 0.717) is 17.2 Å². The number of benzene rings is 1. The Labute approximate surface area is 69.7 Å². The van der Waals surface area contributed by atoms with Gasteiger partial charge in [-0.05, 0) is 24.6 Å². The lowest BCUT2D eigenvalue weighted by molar-refractivity contribution is -0.120. The highest BCUT2D eigenvalue weighted by atomic mass is 35.5. The van der Waals surface area contributed by atoms with Crippen molar-refractivity contribution in [2.45, 2.75) is 6.92 Å². The van der Waals surface area contributed by atoms with Gasteiger partial charge >= 0.3 is 0 Å². The quantitative estimate of drug-likeness (QED) is 0.636. The molecule has 1 rings (SSSR count). The highest BCUT2D eigenvalue weighted by Crippen LogP contribution is 2.20. The minimum Gasteiger partial charge on any atom is -0.429 e. The number of carbonyl (C=O) groups excluding carboxylic acids is 1. The Morgan fingerprint density at radius 2 is 2.27 bits per heavy atom. The van der Waals surface area contributed by atoms with E-state index in [2.05, 4.69) is 4.74 Å². The zero-order valence-electron chi connectivity index (χ0n) is 6.00. The molecule has 0 radical (unpaired) electrons. The summed E-state index contributed by atoms with van der Waals surface area (Å²) in [6.45, 7) is 2.26. The van der Waals surface area contributed by atoms with Gasteiger partial charge in [0.15, 0.2) is 0 Å². The molecule has 0 bridgehead atoms. The maximum Gasteiger partial charge on any atom is 0.298 e. The van der Waals surface area contributed by atoms with E-state index in [-0.39, 0.29) is 0 Å². The molecular weight excluding hydrogens is 164 g/mol. The number of hydrogen-bond acceptors (Lipinski definition) is 2. The van der Waals surface area contributed by atoms with Crippen molar-refractivity contribution in [3.05, 3.63) is 28.8 Å². The van der Waals surface area contributed by atoms with Crippen LogP contribution < -0.4 is 4.74 Å². The van der Waals surface area contributed by atoms with E-state index in [1.165, 1.54) is 0 Å². The van der Waals surface area contributed by atoms with Gasteiger partial charge in [0.1, 0.15) is 5.75 Å². The van der Waals surface area contributed by atoms with Gasteiger partial charge in [0.25, 0.3) is 6.47 Å². The minimum atomic E-state index is 0.376. The normalized spacial score (nSPS) is 9.27. The molecule has 1 aromatic rings. The zero-order chi connectivity index (χ0) is 8.27. The molecule has 0 heterocycles. The third-order valence-electron chi connectivity index (χ3n) is 1.33.